The third kappa shape index (κ3) is 3.71. The van der Waals surface area contributed by atoms with Crippen LogP contribution in [0.3, 0.4) is 0 Å². The molecular formula is C15H28N2O3. The molecule has 0 aromatic heterocycles. The number of hydrogen-bond donors (Lipinski definition) is 1. The summed E-state index contributed by atoms with van der Waals surface area (Å²) in [6.07, 6.45) is 5.93. The van der Waals surface area contributed by atoms with Gasteiger partial charge in [-0.25, -0.2) is 0 Å². The number of morpholine rings is 1. The van der Waals surface area contributed by atoms with Gasteiger partial charge >= 0.3 is 5.97 Å². The first-order valence-electron chi connectivity index (χ1n) is 7.86. The number of ether oxygens (including phenoxy) is 2. The Labute approximate surface area is 121 Å². The van der Waals surface area contributed by atoms with Gasteiger partial charge in [-0.05, 0) is 33.1 Å². The van der Waals surface area contributed by atoms with E-state index in [0.29, 0.717) is 25.2 Å². The lowest BCUT2D eigenvalue weighted by molar-refractivity contribution is -0.149. The van der Waals surface area contributed by atoms with Crippen molar-refractivity contribution in [2.45, 2.75) is 63.6 Å². The quantitative estimate of drug-likeness (QED) is 0.771. The smallest absolute Gasteiger partial charge is 0.325 e. The summed E-state index contributed by atoms with van der Waals surface area (Å²) in [5, 5.41) is 0. The molecule has 2 rings (SSSR count). The van der Waals surface area contributed by atoms with Gasteiger partial charge in [-0.15, -0.1) is 0 Å². The van der Waals surface area contributed by atoms with Gasteiger partial charge in [0, 0.05) is 19.1 Å². The zero-order valence-corrected chi connectivity index (χ0v) is 12.8. The molecular weight excluding hydrogens is 256 g/mol. The topological polar surface area (TPSA) is 64.8 Å². The molecule has 1 aliphatic heterocycles. The molecule has 3 unspecified atom stereocenters. The predicted molar refractivity (Wildman–Crippen MR) is 77.4 cm³/mol. The van der Waals surface area contributed by atoms with Crippen molar-refractivity contribution in [3.05, 3.63) is 0 Å². The highest BCUT2D eigenvalue weighted by Gasteiger charge is 2.36. The average Bonchev–Trinajstić information content (AvgIpc) is 2.45. The highest BCUT2D eigenvalue weighted by Crippen LogP contribution is 2.28. The second-order valence-corrected chi connectivity index (χ2v) is 6.18. The van der Waals surface area contributed by atoms with Crippen molar-refractivity contribution < 1.29 is 14.3 Å². The lowest BCUT2D eigenvalue weighted by Crippen LogP contribution is -2.55. The van der Waals surface area contributed by atoms with Crippen LogP contribution in [0.4, 0.5) is 0 Å². The van der Waals surface area contributed by atoms with Crippen molar-refractivity contribution in [3.63, 3.8) is 0 Å². The molecule has 1 saturated heterocycles. The van der Waals surface area contributed by atoms with Crippen molar-refractivity contribution >= 4 is 5.97 Å². The molecule has 3 atom stereocenters. The summed E-state index contributed by atoms with van der Waals surface area (Å²) in [6.45, 7) is 6.54. The van der Waals surface area contributed by atoms with Crippen molar-refractivity contribution in [1.82, 2.24) is 4.90 Å². The number of carbonyl (C=O) groups excluding carboxylic acids is 1. The maximum atomic E-state index is 11.8. The fourth-order valence-electron chi connectivity index (χ4n) is 3.23. The molecule has 1 aliphatic carbocycles. The minimum atomic E-state index is -0.890. The van der Waals surface area contributed by atoms with E-state index in [1.165, 1.54) is 25.7 Å². The summed E-state index contributed by atoms with van der Waals surface area (Å²) in [6, 6.07) is 0.510. The van der Waals surface area contributed by atoms with Crippen LogP contribution in [0.25, 0.3) is 0 Å². The van der Waals surface area contributed by atoms with E-state index in [1.807, 2.05) is 6.92 Å². The molecule has 0 aromatic carbocycles. The molecule has 5 heteroatoms. The lowest BCUT2D eigenvalue weighted by Gasteiger charge is -2.44. The average molecular weight is 284 g/mol. The normalized spacial score (nSPS) is 30.4. The van der Waals surface area contributed by atoms with Gasteiger partial charge in [0.1, 0.15) is 5.54 Å². The maximum Gasteiger partial charge on any atom is 0.325 e. The van der Waals surface area contributed by atoms with E-state index in [4.69, 9.17) is 15.2 Å². The first-order valence-corrected chi connectivity index (χ1v) is 7.86. The van der Waals surface area contributed by atoms with Gasteiger partial charge in [0.15, 0.2) is 0 Å². The third-order valence-corrected chi connectivity index (χ3v) is 4.51. The molecule has 0 amide bonds. The van der Waals surface area contributed by atoms with Crippen molar-refractivity contribution in [3.8, 4) is 0 Å². The zero-order chi connectivity index (χ0) is 14.6. The summed E-state index contributed by atoms with van der Waals surface area (Å²) in [4.78, 5) is 14.3. The minimum Gasteiger partial charge on any atom is -0.465 e. The Morgan fingerprint density at radius 2 is 2.20 bits per heavy atom. The molecule has 1 saturated carbocycles. The van der Waals surface area contributed by atoms with Gasteiger partial charge in [0.2, 0.25) is 0 Å². The van der Waals surface area contributed by atoms with Crippen LogP contribution in [0, 0.1) is 0 Å². The first-order chi connectivity index (χ1) is 9.54. The number of nitrogens with zero attached hydrogens (tertiary/aromatic N) is 1. The fraction of sp³-hybridized carbons (Fsp3) is 0.933. The SMILES string of the molecule is CCOC(=O)C(C)(N)CCN1CCOC2CCCCC21. The highest BCUT2D eigenvalue weighted by molar-refractivity contribution is 5.79. The third-order valence-electron chi connectivity index (χ3n) is 4.51. The molecule has 0 aromatic rings. The molecule has 5 nitrogen and oxygen atoms in total. The Morgan fingerprint density at radius 1 is 1.45 bits per heavy atom. The van der Waals surface area contributed by atoms with Crippen LogP contribution < -0.4 is 5.73 Å². The molecule has 1 heterocycles. The fourth-order valence-corrected chi connectivity index (χ4v) is 3.23. The van der Waals surface area contributed by atoms with Gasteiger partial charge in [-0.3, -0.25) is 9.69 Å². The summed E-state index contributed by atoms with van der Waals surface area (Å²) in [7, 11) is 0. The number of carbonyl (C=O) groups is 1. The summed E-state index contributed by atoms with van der Waals surface area (Å²) >= 11 is 0. The number of rotatable bonds is 5. The van der Waals surface area contributed by atoms with E-state index in [2.05, 4.69) is 4.90 Å². The molecule has 0 spiro atoms. The van der Waals surface area contributed by atoms with Crippen molar-refractivity contribution in [2.24, 2.45) is 5.73 Å². The zero-order valence-electron chi connectivity index (χ0n) is 12.8. The lowest BCUT2D eigenvalue weighted by atomic mass is 9.89. The van der Waals surface area contributed by atoms with Gasteiger partial charge in [0.05, 0.1) is 19.3 Å². The van der Waals surface area contributed by atoms with Gasteiger partial charge in [-0.1, -0.05) is 12.8 Å². The van der Waals surface area contributed by atoms with Gasteiger partial charge in [-0.2, -0.15) is 0 Å². The Bertz CT molecular complexity index is 331. The van der Waals surface area contributed by atoms with Crippen LogP contribution >= 0.6 is 0 Å². The van der Waals surface area contributed by atoms with Gasteiger partial charge < -0.3 is 15.2 Å². The Morgan fingerprint density at radius 3 is 2.95 bits per heavy atom. The largest absolute Gasteiger partial charge is 0.465 e. The molecule has 2 fully saturated rings. The number of hydrogen-bond acceptors (Lipinski definition) is 5. The molecule has 20 heavy (non-hydrogen) atoms. The van der Waals surface area contributed by atoms with E-state index in [1.54, 1.807) is 6.92 Å². The van der Waals surface area contributed by atoms with Crippen molar-refractivity contribution in [2.75, 3.05) is 26.3 Å². The van der Waals surface area contributed by atoms with Crippen LogP contribution in [-0.4, -0.2) is 54.9 Å². The van der Waals surface area contributed by atoms with E-state index in [-0.39, 0.29) is 5.97 Å². The standard InChI is InChI=1S/C15H28N2O3/c1-3-19-14(18)15(2,16)8-9-17-10-11-20-13-7-5-4-6-12(13)17/h12-13H,3-11,16H2,1-2H3. The predicted octanol–water partition coefficient (Wildman–Crippen LogP) is 1.30. The molecule has 0 radical (unpaired) electrons. The highest BCUT2D eigenvalue weighted by atomic mass is 16.5. The summed E-state index contributed by atoms with van der Waals surface area (Å²) in [5.41, 5.74) is 5.21. The molecule has 2 N–H and O–H groups in total. The molecule has 116 valence electrons. The first kappa shape index (κ1) is 15.7. The van der Waals surface area contributed by atoms with Crippen LogP contribution in [-0.2, 0) is 14.3 Å². The van der Waals surface area contributed by atoms with Crippen LogP contribution in [0.5, 0.6) is 0 Å². The second-order valence-electron chi connectivity index (χ2n) is 6.18. The van der Waals surface area contributed by atoms with E-state index in [0.717, 1.165) is 19.7 Å². The summed E-state index contributed by atoms with van der Waals surface area (Å²) in [5.74, 6) is -0.298. The van der Waals surface area contributed by atoms with Crippen LogP contribution in [0.1, 0.15) is 46.0 Å². The van der Waals surface area contributed by atoms with Gasteiger partial charge in [0.25, 0.3) is 0 Å². The van der Waals surface area contributed by atoms with E-state index in [9.17, 15) is 4.79 Å². The number of fused-ring (bicyclic) bond motifs is 1. The Hall–Kier alpha value is -0.650. The second kappa shape index (κ2) is 6.87. The van der Waals surface area contributed by atoms with E-state index >= 15 is 0 Å². The Balaban J connectivity index is 1.87. The maximum absolute atomic E-state index is 11.8. The summed E-state index contributed by atoms with van der Waals surface area (Å²) < 4.78 is 10.9. The minimum absolute atomic E-state index is 0.298. The van der Waals surface area contributed by atoms with Crippen molar-refractivity contribution in [1.29, 1.82) is 0 Å². The Kier molecular flexibility index (Phi) is 5.41. The number of nitrogens with two attached hydrogens (primary N) is 1. The molecule has 0 bridgehead atoms. The number of esters is 1. The van der Waals surface area contributed by atoms with E-state index < -0.39 is 5.54 Å². The van der Waals surface area contributed by atoms with Crippen LogP contribution in [0.15, 0.2) is 0 Å². The van der Waals surface area contributed by atoms with Crippen LogP contribution in [0.2, 0.25) is 0 Å². The monoisotopic (exact) mass is 284 g/mol. The molecule has 2 aliphatic rings.